The number of hydrogen-bond donors (Lipinski definition) is 3. The molecular weight excluding hydrogens is 448 g/mol. The van der Waals surface area contributed by atoms with E-state index in [9.17, 15) is 14.4 Å². The summed E-state index contributed by atoms with van der Waals surface area (Å²) in [5, 5.41) is 8.78. The molecule has 7 nitrogen and oxygen atoms in total. The van der Waals surface area contributed by atoms with Crippen molar-refractivity contribution in [3.63, 3.8) is 0 Å². The van der Waals surface area contributed by atoms with Gasteiger partial charge in [0.15, 0.2) is 0 Å². The number of hydrogen-bond acceptors (Lipinski definition) is 3. The molecule has 30 heavy (non-hydrogen) atoms. The second kappa shape index (κ2) is 7.41. The number of carbonyl (C=O) groups is 3. The summed E-state index contributed by atoms with van der Waals surface area (Å²) in [6.07, 6.45) is 6.46. The monoisotopic (exact) mass is 472 g/mol. The van der Waals surface area contributed by atoms with Crippen molar-refractivity contribution in [3.05, 3.63) is 40.9 Å². The van der Waals surface area contributed by atoms with Crippen LogP contribution in [0.4, 0.5) is 10.5 Å². The van der Waals surface area contributed by atoms with Crippen molar-refractivity contribution in [1.82, 2.24) is 15.5 Å². The number of nitrogens with zero attached hydrogens (tertiary/aromatic N) is 1. The molecule has 1 aliphatic heterocycles. The van der Waals surface area contributed by atoms with Gasteiger partial charge in [0.1, 0.15) is 0 Å². The number of benzene rings is 1. The topological polar surface area (TPSA) is 90.5 Å². The molecule has 2 saturated carbocycles. The maximum Gasteiger partial charge on any atom is 0.317 e. The van der Waals surface area contributed by atoms with Gasteiger partial charge < -0.3 is 20.9 Å². The van der Waals surface area contributed by atoms with Gasteiger partial charge in [0.25, 0.3) is 0 Å². The van der Waals surface area contributed by atoms with Crippen molar-refractivity contribution in [2.75, 3.05) is 31.5 Å². The Morgan fingerprint density at radius 3 is 2.37 bits per heavy atom. The number of rotatable bonds is 6. The lowest BCUT2D eigenvalue weighted by molar-refractivity contribution is -0.132. The van der Waals surface area contributed by atoms with Crippen molar-refractivity contribution in [2.45, 2.75) is 12.8 Å². The third kappa shape index (κ3) is 3.21. The van der Waals surface area contributed by atoms with E-state index in [1.165, 1.54) is 0 Å². The summed E-state index contributed by atoms with van der Waals surface area (Å²) >= 11 is 3.41. The van der Waals surface area contributed by atoms with Crippen LogP contribution in [0.25, 0.3) is 0 Å². The summed E-state index contributed by atoms with van der Waals surface area (Å²) in [5.74, 6) is -0.629. The van der Waals surface area contributed by atoms with E-state index in [0.29, 0.717) is 26.2 Å². The zero-order valence-electron chi connectivity index (χ0n) is 16.6. The first-order chi connectivity index (χ1) is 14.5. The van der Waals surface area contributed by atoms with E-state index >= 15 is 0 Å². The Morgan fingerprint density at radius 1 is 1.10 bits per heavy atom. The fourth-order valence-corrected chi connectivity index (χ4v) is 5.89. The lowest BCUT2D eigenvalue weighted by atomic mass is 9.81. The average Bonchev–Trinajstić information content (AvgIpc) is 3.23. The molecule has 2 bridgehead atoms. The molecule has 1 saturated heterocycles. The van der Waals surface area contributed by atoms with E-state index in [1.54, 1.807) is 4.90 Å². The molecule has 3 aliphatic carbocycles. The van der Waals surface area contributed by atoms with E-state index in [2.05, 4.69) is 44.0 Å². The van der Waals surface area contributed by atoms with Crippen LogP contribution in [0.15, 0.2) is 40.9 Å². The Hall–Kier alpha value is -2.35. The summed E-state index contributed by atoms with van der Waals surface area (Å²) in [7, 11) is 0. The molecule has 1 spiro atoms. The van der Waals surface area contributed by atoms with Gasteiger partial charge in [0, 0.05) is 36.3 Å². The largest absolute Gasteiger partial charge is 0.354 e. The molecule has 0 radical (unpaired) electrons. The van der Waals surface area contributed by atoms with Crippen molar-refractivity contribution in [3.8, 4) is 0 Å². The van der Waals surface area contributed by atoms with E-state index < -0.39 is 0 Å². The molecule has 4 aliphatic rings. The van der Waals surface area contributed by atoms with Crippen LogP contribution in [0, 0.1) is 29.1 Å². The Balaban J connectivity index is 1.28. The third-order valence-electron chi connectivity index (χ3n) is 7.18. The molecule has 3 fully saturated rings. The summed E-state index contributed by atoms with van der Waals surface area (Å²) < 4.78 is 0.948. The van der Waals surface area contributed by atoms with Gasteiger partial charge in [-0.3, -0.25) is 9.59 Å². The van der Waals surface area contributed by atoms with Crippen LogP contribution >= 0.6 is 15.9 Å². The van der Waals surface area contributed by atoms with Crippen LogP contribution < -0.4 is 16.0 Å². The summed E-state index contributed by atoms with van der Waals surface area (Å²) in [6, 6.07) is 7.40. The minimum absolute atomic E-state index is 0.0753. The lowest BCUT2D eigenvalue weighted by Crippen LogP contribution is -2.44. The quantitative estimate of drug-likeness (QED) is 0.555. The molecule has 0 aromatic heterocycles. The molecular formula is C22H25BrN4O3. The fraction of sp³-hybridized carbons (Fsp3) is 0.500. The zero-order chi connectivity index (χ0) is 20.9. The highest BCUT2D eigenvalue weighted by atomic mass is 79.9. The van der Waals surface area contributed by atoms with Crippen molar-refractivity contribution < 1.29 is 14.4 Å². The molecule has 1 heterocycles. The highest BCUT2D eigenvalue weighted by Gasteiger charge is 2.69. The molecule has 4 amide bonds. The standard InChI is InChI=1S/C22H25BrN4O3/c23-13-1-3-14(4-2-13)26-20(29)18-16-6-5-15(22(16)7-8-22)17(18)19(28)24-9-11-27-12-10-25-21(27)30/h1-6,15-18H,7-12H2,(H,24,28)(H,25,30)(H,26,29)/t15-,16+,17-,18-/m1/s1. The first kappa shape index (κ1) is 19.6. The van der Waals surface area contributed by atoms with Gasteiger partial charge in [-0.25, -0.2) is 4.79 Å². The Morgan fingerprint density at radius 2 is 1.77 bits per heavy atom. The van der Waals surface area contributed by atoms with Gasteiger partial charge in [0.05, 0.1) is 11.8 Å². The van der Waals surface area contributed by atoms with Crippen molar-refractivity contribution in [1.29, 1.82) is 0 Å². The number of allylic oxidation sites excluding steroid dienone is 2. The SMILES string of the molecule is O=C(NCCN1CCNC1=O)[C@H]1[C@H](C(=O)Nc2ccc(Br)cc2)[C@@H]2C=C[C@H]1C21CC1. The predicted octanol–water partition coefficient (Wildman–Crippen LogP) is 2.36. The Labute approximate surface area is 183 Å². The number of nitrogens with one attached hydrogen (secondary N) is 3. The second-order valence-corrected chi connectivity index (χ2v) is 9.64. The van der Waals surface area contributed by atoms with Crippen LogP contribution in [0.2, 0.25) is 0 Å². The van der Waals surface area contributed by atoms with Gasteiger partial charge in [-0.15, -0.1) is 0 Å². The van der Waals surface area contributed by atoms with Gasteiger partial charge in [-0.05, 0) is 54.4 Å². The number of amides is 4. The van der Waals surface area contributed by atoms with Gasteiger partial charge >= 0.3 is 6.03 Å². The van der Waals surface area contributed by atoms with E-state index in [-0.39, 0.29) is 46.9 Å². The lowest BCUT2D eigenvalue weighted by Gasteiger charge is -2.26. The Kier molecular flexibility index (Phi) is 4.84. The number of urea groups is 1. The van der Waals surface area contributed by atoms with E-state index in [0.717, 1.165) is 23.0 Å². The molecule has 0 unspecified atom stereocenters. The summed E-state index contributed by atoms with van der Waals surface area (Å²) in [5.41, 5.74) is 0.831. The molecule has 3 N–H and O–H groups in total. The minimum atomic E-state index is -0.360. The van der Waals surface area contributed by atoms with Crippen molar-refractivity contribution >= 4 is 39.5 Å². The summed E-state index contributed by atoms with van der Waals surface area (Å²) in [6.45, 7) is 2.19. The second-order valence-electron chi connectivity index (χ2n) is 8.73. The maximum absolute atomic E-state index is 13.2. The Bertz CT molecular complexity index is 911. The van der Waals surface area contributed by atoms with E-state index in [1.807, 2.05) is 24.3 Å². The first-order valence-corrected chi connectivity index (χ1v) is 11.3. The smallest absolute Gasteiger partial charge is 0.317 e. The molecule has 5 rings (SSSR count). The predicted molar refractivity (Wildman–Crippen MR) is 116 cm³/mol. The van der Waals surface area contributed by atoms with Crippen LogP contribution in [-0.2, 0) is 9.59 Å². The van der Waals surface area contributed by atoms with Crippen LogP contribution in [0.3, 0.4) is 0 Å². The minimum Gasteiger partial charge on any atom is -0.354 e. The number of carbonyl (C=O) groups excluding carboxylic acids is 3. The average molecular weight is 473 g/mol. The van der Waals surface area contributed by atoms with Crippen LogP contribution in [0.1, 0.15) is 12.8 Å². The normalized spacial score (nSPS) is 29.9. The van der Waals surface area contributed by atoms with Gasteiger partial charge in [0.2, 0.25) is 11.8 Å². The third-order valence-corrected chi connectivity index (χ3v) is 7.71. The zero-order valence-corrected chi connectivity index (χ0v) is 18.2. The molecule has 8 heteroatoms. The number of halogens is 1. The fourth-order valence-electron chi connectivity index (χ4n) is 5.62. The highest BCUT2D eigenvalue weighted by molar-refractivity contribution is 9.10. The van der Waals surface area contributed by atoms with Crippen LogP contribution in [0.5, 0.6) is 0 Å². The van der Waals surface area contributed by atoms with Crippen LogP contribution in [-0.4, -0.2) is 48.9 Å². The van der Waals surface area contributed by atoms with Gasteiger partial charge in [-0.2, -0.15) is 0 Å². The molecule has 158 valence electrons. The maximum atomic E-state index is 13.2. The first-order valence-electron chi connectivity index (χ1n) is 10.5. The van der Waals surface area contributed by atoms with Gasteiger partial charge in [-0.1, -0.05) is 28.1 Å². The highest BCUT2D eigenvalue weighted by Crippen LogP contribution is 2.72. The molecule has 1 aromatic rings. The molecule has 4 atom stereocenters. The van der Waals surface area contributed by atoms with Crippen molar-refractivity contribution in [2.24, 2.45) is 29.1 Å². The molecule has 1 aromatic carbocycles. The van der Waals surface area contributed by atoms with E-state index in [4.69, 9.17) is 0 Å². The summed E-state index contributed by atoms with van der Waals surface area (Å²) in [4.78, 5) is 39.8. The number of anilines is 1.